The highest BCUT2D eigenvalue weighted by Crippen LogP contribution is 2.33. The van der Waals surface area contributed by atoms with E-state index >= 15 is 0 Å². The summed E-state index contributed by atoms with van der Waals surface area (Å²) in [5.74, 6) is 0.597. The molecule has 1 fully saturated rings. The van der Waals surface area contributed by atoms with E-state index in [0.717, 1.165) is 12.8 Å². The third kappa shape index (κ3) is 3.10. The lowest BCUT2D eigenvalue weighted by atomic mass is 9.95. The normalized spacial score (nSPS) is 19.5. The number of hydrogen-bond donors (Lipinski definition) is 1. The third-order valence-electron chi connectivity index (χ3n) is 3.30. The molecule has 19 heavy (non-hydrogen) atoms. The molecule has 0 saturated carbocycles. The van der Waals surface area contributed by atoms with Gasteiger partial charge in [-0.15, -0.1) is 0 Å². The monoisotopic (exact) mass is 286 g/mol. The van der Waals surface area contributed by atoms with Gasteiger partial charge in [0.15, 0.2) is 0 Å². The van der Waals surface area contributed by atoms with E-state index in [2.05, 4.69) is 9.97 Å². The van der Waals surface area contributed by atoms with Crippen LogP contribution in [0.2, 0.25) is 5.15 Å². The Morgan fingerprint density at radius 1 is 1.58 bits per heavy atom. The summed E-state index contributed by atoms with van der Waals surface area (Å²) in [6.45, 7) is 1.48. The second-order valence-corrected chi connectivity index (χ2v) is 4.92. The molecule has 104 valence electrons. The molecule has 1 aromatic heterocycles. The van der Waals surface area contributed by atoms with Gasteiger partial charge in [0.1, 0.15) is 6.33 Å². The van der Waals surface area contributed by atoms with Gasteiger partial charge < -0.3 is 10.0 Å². The molecular formula is C11H15ClN4O3. The first-order valence-corrected chi connectivity index (χ1v) is 6.52. The first-order chi connectivity index (χ1) is 9.13. The molecule has 0 amide bonds. The molecule has 2 rings (SSSR count). The van der Waals surface area contributed by atoms with Gasteiger partial charge in [-0.2, -0.15) is 0 Å². The minimum absolute atomic E-state index is 0.130. The van der Waals surface area contributed by atoms with Crippen molar-refractivity contribution in [1.29, 1.82) is 0 Å². The zero-order chi connectivity index (χ0) is 13.8. The number of piperidine rings is 1. The molecule has 0 spiro atoms. The van der Waals surface area contributed by atoms with Crippen LogP contribution < -0.4 is 4.90 Å². The third-order valence-corrected chi connectivity index (χ3v) is 3.57. The fourth-order valence-electron chi connectivity index (χ4n) is 2.41. The molecule has 1 unspecified atom stereocenters. The molecule has 1 aliphatic rings. The summed E-state index contributed by atoms with van der Waals surface area (Å²) < 4.78 is 0. The van der Waals surface area contributed by atoms with Crippen molar-refractivity contribution in [3.05, 3.63) is 21.6 Å². The maximum Gasteiger partial charge on any atom is 0.348 e. The van der Waals surface area contributed by atoms with Crippen LogP contribution in [0.4, 0.5) is 11.5 Å². The maximum atomic E-state index is 11.1. The zero-order valence-electron chi connectivity index (χ0n) is 10.3. The van der Waals surface area contributed by atoms with E-state index in [-0.39, 0.29) is 23.3 Å². The largest absolute Gasteiger partial charge is 0.396 e. The number of rotatable bonds is 4. The van der Waals surface area contributed by atoms with E-state index in [4.69, 9.17) is 16.7 Å². The van der Waals surface area contributed by atoms with Crippen molar-refractivity contribution in [2.75, 3.05) is 24.6 Å². The van der Waals surface area contributed by atoms with Gasteiger partial charge in [-0.3, -0.25) is 10.1 Å². The predicted octanol–water partition coefficient (Wildman–Crippen LogP) is 1.64. The van der Waals surface area contributed by atoms with Crippen molar-refractivity contribution in [1.82, 2.24) is 9.97 Å². The Morgan fingerprint density at radius 3 is 3.05 bits per heavy atom. The van der Waals surface area contributed by atoms with Crippen LogP contribution in [0, 0.1) is 16.0 Å². The quantitative estimate of drug-likeness (QED) is 0.514. The summed E-state index contributed by atoms with van der Waals surface area (Å²) in [6, 6.07) is 0. The average molecular weight is 287 g/mol. The van der Waals surface area contributed by atoms with E-state index in [1.165, 1.54) is 6.33 Å². The molecule has 1 N–H and O–H groups in total. The fraction of sp³-hybridized carbons (Fsp3) is 0.636. The van der Waals surface area contributed by atoms with Crippen molar-refractivity contribution in [2.45, 2.75) is 19.3 Å². The summed E-state index contributed by atoms with van der Waals surface area (Å²) in [5, 5.41) is 19.9. The molecule has 0 aromatic carbocycles. The van der Waals surface area contributed by atoms with E-state index in [0.29, 0.717) is 25.4 Å². The molecule has 2 heterocycles. The summed E-state index contributed by atoms with van der Waals surface area (Å²) in [4.78, 5) is 20.0. The number of nitrogens with zero attached hydrogens (tertiary/aromatic N) is 4. The smallest absolute Gasteiger partial charge is 0.348 e. The van der Waals surface area contributed by atoms with Gasteiger partial charge in [-0.25, -0.2) is 9.97 Å². The fourth-order valence-corrected chi connectivity index (χ4v) is 2.61. The van der Waals surface area contributed by atoms with Crippen LogP contribution >= 0.6 is 11.6 Å². The first kappa shape index (κ1) is 14.0. The first-order valence-electron chi connectivity index (χ1n) is 6.14. The summed E-state index contributed by atoms with van der Waals surface area (Å²) >= 11 is 5.78. The highest BCUT2D eigenvalue weighted by atomic mass is 35.5. The van der Waals surface area contributed by atoms with Crippen molar-refractivity contribution in [2.24, 2.45) is 5.92 Å². The molecule has 0 aliphatic carbocycles. The topological polar surface area (TPSA) is 92.4 Å². The van der Waals surface area contributed by atoms with Gasteiger partial charge in [0.05, 0.1) is 4.92 Å². The molecule has 1 aromatic rings. The van der Waals surface area contributed by atoms with Crippen LogP contribution in [-0.4, -0.2) is 39.7 Å². The number of anilines is 1. The standard InChI is InChI=1S/C11H15ClN4O3/c12-10-9(16(18)19)11(14-7-13-10)15-4-1-2-8(6-15)3-5-17/h7-8,17H,1-6H2. The van der Waals surface area contributed by atoms with Crippen molar-refractivity contribution in [3.63, 3.8) is 0 Å². The Bertz CT molecular complexity index is 469. The van der Waals surface area contributed by atoms with Crippen LogP contribution in [0.1, 0.15) is 19.3 Å². The van der Waals surface area contributed by atoms with Crippen LogP contribution in [-0.2, 0) is 0 Å². The van der Waals surface area contributed by atoms with E-state index < -0.39 is 4.92 Å². The van der Waals surface area contributed by atoms with Crippen molar-refractivity contribution >= 4 is 23.1 Å². The maximum absolute atomic E-state index is 11.1. The van der Waals surface area contributed by atoms with Gasteiger partial charge in [-0.05, 0) is 25.2 Å². The van der Waals surface area contributed by atoms with Crippen LogP contribution in [0.3, 0.4) is 0 Å². The minimum Gasteiger partial charge on any atom is -0.396 e. The SMILES string of the molecule is O=[N+]([O-])c1c(Cl)ncnc1N1CCCC(CCO)C1. The zero-order valence-corrected chi connectivity index (χ0v) is 11.1. The van der Waals surface area contributed by atoms with Crippen LogP contribution in [0.25, 0.3) is 0 Å². The number of nitro groups is 1. The summed E-state index contributed by atoms with van der Waals surface area (Å²) in [6.07, 6.45) is 3.87. The predicted molar refractivity (Wildman–Crippen MR) is 70.3 cm³/mol. The lowest BCUT2D eigenvalue weighted by molar-refractivity contribution is -0.384. The Labute approximate surface area is 115 Å². The second-order valence-electron chi connectivity index (χ2n) is 4.56. The highest BCUT2D eigenvalue weighted by molar-refractivity contribution is 6.31. The van der Waals surface area contributed by atoms with Gasteiger partial charge in [0.2, 0.25) is 11.0 Å². The second kappa shape index (κ2) is 6.12. The van der Waals surface area contributed by atoms with Gasteiger partial charge in [-0.1, -0.05) is 11.6 Å². The molecular weight excluding hydrogens is 272 g/mol. The molecule has 8 heteroatoms. The highest BCUT2D eigenvalue weighted by Gasteiger charge is 2.29. The van der Waals surface area contributed by atoms with Crippen LogP contribution in [0.5, 0.6) is 0 Å². The Hall–Kier alpha value is -1.47. The van der Waals surface area contributed by atoms with Gasteiger partial charge in [0.25, 0.3) is 0 Å². The van der Waals surface area contributed by atoms with Gasteiger partial charge in [0, 0.05) is 19.7 Å². The summed E-state index contributed by atoms with van der Waals surface area (Å²) in [7, 11) is 0. The molecule has 0 radical (unpaired) electrons. The van der Waals surface area contributed by atoms with Crippen molar-refractivity contribution < 1.29 is 10.0 Å². The molecule has 0 bridgehead atoms. The molecule has 1 atom stereocenters. The van der Waals surface area contributed by atoms with E-state index in [1.54, 1.807) is 0 Å². The number of aromatic nitrogens is 2. The Kier molecular flexibility index (Phi) is 4.49. The number of hydrogen-bond acceptors (Lipinski definition) is 6. The Balaban J connectivity index is 2.26. The van der Waals surface area contributed by atoms with Crippen LogP contribution in [0.15, 0.2) is 6.33 Å². The number of aliphatic hydroxyl groups excluding tert-OH is 1. The van der Waals surface area contributed by atoms with E-state index in [9.17, 15) is 10.1 Å². The van der Waals surface area contributed by atoms with Gasteiger partial charge >= 0.3 is 5.69 Å². The number of halogens is 1. The van der Waals surface area contributed by atoms with Crippen molar-refractivity contribution in [3.8, 4) is 0 Å². The molecule has 1 saturated heterocycles. The summed E-state index contributed by atoms with van der Waals surface area (Å²) in [5.41, 5.74) is -0.242. The molecule has 7 nitrogen and oxygen atoms in total. The lowest BCUT2D eigenvalue weighted by Gasteiger charge is -2.32. The minimum atomic E-state index is -0.548. The lowest BCUT2D eigenvalue weighted by Crippen LogP contribution is -2.36. The van der Waals surface area contributed by atoms with E-state index in [1.807, 2.05) is 4.90 Å². The molecule has 1 aliphatic heterocycles. The average Bonchev–Trinajstić information content (AvgIpc) is 2.38. The number of aliphatic hydroxyl groups is 1. The Morgan fingerprint density at radius 2 is 2.37 bits per heavy atom.